The van der Waals surface area contributed by atoms with Gasteiger partial charge in [-0.1, -0.05) is 203 Å². The molecule has 8 nitrogen and oxygen atoms in total. The number of carboxylic acid groups (broad SMARTS) is 1. The molecule has 0 radical (unpaired) electrons. The molecule has 0 spiro atoms. The van der Waals surface area contributed by atoms with Gasteiger partial charge in [0, 0.05) is 19.3 Å². The van der Waals surface area contributed by atoms with Gasteiger partial charge in [0.25, 0.3) is 0 Å². The van der Waals surface area contributed by atoms with Crippen molar-refractivity contribution < 1.29 is 38.2 Å². The number of hydrogen-bond acceptors (Lipinski definition) is 7. The lowest BCUT2D eigenvalue weighted by Crippen LogP contribution is -2.55. The van der Waals surface area contributed by atoms with E-state index in [4.69, 9.17) is 14.2 Å². The SMILES string of the molecule is CC/C=C/C/C=C/C/C=C/C/C=C/C/C=C/CCCCCC(=O)OCC(COCCC(C(=O)[O-])[N+](C)(C)C)OC(=O)CCCCCCCCCCCCCCCCCCCCCC. The number of likely N-dealkylation sites (N-methyl/N-ethyl adjacent to an activating group) is 1. The van der Waals surface area contributed by atoms with Crippen molar-refractivity contribution in [1.82, 2.24) is 0 Å². The molecular formula is C55H97NO7. The fraction of sp³-hybridized carbons (Fsp3) is 0.764. The van der Waals surface area contributed by atoms with E-state index in [1.54, 1.807) is 21.1 Å². The van der Waals surface area contributed by atoms with E-state index in [-0.39, 0.29) is 42.7 Å². The van der Waals surface area contributed by atoms with Crippen molar-refractivity contribution in [3.8, 4) is 0 Å². The van der Waals surface area contributed by atoms with Gasteiger partial charge in [-0.3, -0.25) is 9.59 Å². The maximum Gasteiger partial charge on any atom is 0.306 e. The first-order chi connectivity index (χ1) is 30.6. The zero-order valence-electron chi connectivity index (χ0n) is 41.5. The van der Waals surface area contributed by atoms with Crippen LogP contribution in [0.2, 0.25) is 0 Å². The first-order valence-electron chi connectivity index (χ1n) is 25.8. The van der Waals surface area contributed by atoms with Crippen molar-refractivity contribution in [2.45, 2.75) is 231 Å². The predicted molar refractivity (Wildman–Crippen MR) is 263 cm³/mol. The molecular weight excluding hydrogens is 787 g/mol. The largest absolute Gasteiger partial charge is 0.544 e. The maximum absolute atomic E-state index is 12.8. The van der Waals surface area contributed by atoms with Gasteiger partial charge in [0.05, 0.1) is 40.3 Å². The zero-order valence-corrected chi connectivity index (χ0v) is 41.5. The summed E-state index contributed by atoms with van der Waals surface area (Å²) in [5.74, 6) is -1.77. The fourth-order valence-corrected chi connectivity index (χ4v) is 7.45. The summed E-state index contributed by atoms with van der Waals surface area (Å²) in [6.45, 7) is 4.54. The third-order valence-electron chi connectivity index (χ3n) is 11.4. The molecule has 0 aliphatic carbocycles. The number of esters is 2. The number of hydrogen-bond donors (Lipinski definition) is 0. The number of unbranched alkanes of at least 4 members (excludes halogenated alkanes) is 22. The van der Waals surface area contributed by atoms with E-state index in [1.165, 1.54) is 109 Å². The van der Waals surface area contributed by atoms with E-state index in [0.717, 1.165) is 77.0 Å². The first kappa shape index (κ1) is 60.0. The van der Waals surface area contributed by atoms with Gasteiger partial charge in [0.15, 0.2) is 6.10 Å². The minimum Gasteiger partial charge on any atom is -0.544 e. The third kappa shape index (κ3) is 44.0. The summed E-state index contributed by atoms with van der Waals surface area (Å²) in [5.41, 5.74) is 0. The molecule has 0 saturated heterocycles. The molecule has 0 fully saturated rings. The lowest BCUT2D eigenvalue weighted by Gasteiger charge is -2.34. The van der Waals surface area contributed by atoms with Gasteiger partial charge in [-0.2, -0.15) is 0 Å². The Morgan fingerprint density at radius 1 is 0.492 bits per heavy atom. The highest BCUT2D eigenvalue weighted by Crippen LogP contribution is 2.16. The Morgan fingerprint density at radius 2 is 0.889 bits per heavy atom. The van der Waals surface area contributed by atoms with Crippen molar-refractivity contribution in [2.24, 2.45) is 0 Å². The summed E-state index contributed by atoms with van der Waals surface area (Å²) in [5, 5.41) is 11.7. The number of carboxylic acids is 1. The van der Waals surface area contributed by atoms with E-state index < -0.39 is 18.1 Å². The second kappa shape index (κ2) is 45.6. The van der Waals surface area contributed by atoms with Crippen molar-refractivity contribution >= 4 is 17.9 Å². The predicted octanol–water partition coefficient (Wildman–Crippen LogP) is 13.6. The Hall–Kier alpha value is -2.97. The van der Waals surface area contributed by atoms with Gasteiger partial charge < -0.3 is 28.6 Å². The van der Waals surface area contributed by atoms with Crippen LogP contribution in [0.4, 0.5) is 0 Å². The van der Waals surface area contributed by atoms with Crippen LogP contribution < -0.4 is 5.11 Å². The molecule has 0 saturated carbocycles. The average Bonchev–Trinajstić information content (AvgIpc) is 3.24. The first-order valence-corrected chi connectivity index (χ1v) is 25.8. The summed E-state index contributed by atoms with van der Waals surface area (Å²) in [6, 6.07) is -0.732. The summed E-state index contributed by atoms with van der Waals surface area (Å²) in [4.78, 5) is 37.0. The topological polar surface area (TPSA) is 102 Å². The average molecular weight is 884 g/mol. The lowest BCUT2D eigenvalue weighted by atomic mass is 10.0. The van der Waals surface area contributed by atoms with Gasteiger partial charge in [-0.15, -0.1) is 0 Å². The van der Waals surface area contributed by atoms with Gasteiger partial charge >= 0.3 is 11.9 Å². The second-order valence-electron chi connectivity index (χ2n) is 18.4. The highest BCUT2D eigenvalue weighted by Gasteiger charge is 2.25. The highest BCUT2D eigenvalue weighted by atomic mass is 16.6. The fourth-order valence-electron chi connectivity index (χ4n) is 7.45. The van der Waals surface area contributed by atoms with Crippen LogP contribution in [-0.4, -0.2) is 75.5 Å². The number of carbonyl (C=O) groups excluding carboxylic acids is 3. The molecule has 0 aliphatic heterocycles. The number of ether oxygens (including phenoxy) is 3. The summed E-state index contributed by atoms with van der Waals surface area (Å²) < 4.78 is 17.2. The van der Waals surface area contributed by atoms with Crippen molar-refractivity contribution in [2.75, 3.05) is 41.0 Å². The van der Waals surface area contributed by atoms with Crippen LogP contribution in [0.25, 0.3) is 0 Å². The molecule has 0 aliphatic rings. The van der Waals surface area contributed by atoms with Crippen LogP contribution in [0.5, 0.6) is 0 Å². The number of nitrogens with zero attached hydrogens (tertiary/aromatic N) is 1. The monoisotopic (exact) mass is 884 g/mol. The Balaban J connectivity index is 4.29. The molecule has 0 aromatic carbocycles. The summed E-state index contributed by atoms with van der Waals surface area (Å²) in [7, 11) is 5.41. The zero-order chi connectivity index (χ0) is 46.3. The minimum absolute atomic E-state index is 0.0302. The number of allylic oxidation sites excluding steroid dienone is 10. The van der Waals surface area contributed by atoms with Crippen LogP contribution in [0.15, 0.2) is 60.8 Å². The smallest absolute Gasteiger partial charge is 0.306 e. The molecule has 0 bridgehead atoms. The summed E-state index contributed by atoms with van der Waals surface area (Å²) in [6.07, 6.45) is 56.8. The molecule has 63 heavy (non-hydrogen) atoms. The molecule has 2 atom stereocenters. The molecule has 0 heterocycles. The number of carbonyl (C=O) groups is 3. The van der Waals surface area contributed by atoms with E-state index in [1.807, 2.05) is 0 Å². The third-order valence-corrected chi connectivity index (χ3v) is 11.4. The Kier molecular flexibility index (Phi) is 43.4. The Bertz CT molecular complexity index is 1210. The van der Waals surface area contributed by atoms with Crippen LogP contribution in [0.1, 0.15) is 219 Å². The number of quaternary nitrogens is 1. The molecule has 0 aromatic rings. The standard InChI is InChI=1S/C55H97NO7/c1-6-8-10-12-14-16-18-20-22-24-26-28-30-32-34-36-38-40-42-44-46-54(58)63-51(49-61-48-47-52(55(59)60)56(3,4)5)50-62-53(57)45-43-41-39-37-35-33-31-29-27-25-23-21-19-17-15-13-11-9-7-2/h9,11,15,17,21,23,27,29,33,35,51-52H,6-8,10,12-14,16,18-20,22,24-26,28,30-32,34,36-50H2,1-5H3/b11-9+,17-15+,23-21+,29-27+,35-33+. The maximum atomic E-state index is 12.8. The van der Waals surface area contributed by atoms with Crippen molar-refractivity contribution in [1.29, 1.82) is 0 Å². The van der Waals surface area contributed by atoms with Crippen LogP contribution in [-0.2, 0) is 28.6 Å². The number of rotatable bonds is 46. The molecule has 0 aromatic heterocycles. The quantitative estimate of drug-likeness (QED) is 0.0260. The molecule has 8 heteroatoms. The van der Waals surface area contributed by atoms with Crippen molar-refractivity contribution in [3.63, 3.8) is 0 Å². The van der Waals surface area contributed by atoms with Crippen LogP contribution in [0.3, 0.4) is 0 Å². The van der Waals surface area contributed by atoms with E-state index >= 15 is 0 Å². The van der Waals surface area contributed by atoms with Gasteiger partial charge in [0.1, 0.15) is 12.6 Å². The Labute approximate surface area is 388 Å². The van der Waals surface area contributed by atoms with Crippen LogP contribution >= 0.6 is 0 Å². The highest BCUT2D eigenvalue weighted by molar-refractivity contribution is 5.70. The van der Waals surface area contributed by atoms with Crippen molar-refractivity contribution in [3.05, 3.63) is 60.8 Å². The van der Waals surface area contributed by atoms with Gasteiger partial charge in [-0.05, 0) is 57.8 Å². The molecule has 364 valence electrons. The molecule has 0 amide bonds. The number of aliphatic carboxylic acids is 1. The lowest BCUT2D eigenvalue weighted by molar-refractivity contribution is -0.889. The summed E-state index contributed by atoms with van der Waals surface area (Å²) >= 11 is 0. The van der Waals surface area contributed by atoms with Gasteiger partial charge in [-0.25, -0.2) is 0 Å². The second-order valence-corrected chi connectivity index (χ2v) is 18.4. The molecule has 2 unspecified atom stereocenters. The van der Waals surface area contributed by atoms with E-state index in [2.05, 4.69) is 74.6 Å². The Morgan fingerprint density at radius 3 is 1.32 bits per heavy atom. The van der Waals surface area contributed by atoms with E-state index in [0.29, 0.717) is 12.8 Å². The van der Waals surface area contributed by atoms with E-state index in [9.17, 15) is 19.5 Å². The molecule has 0 rings (SSSR count). The minimum atomic E-state index is -1.13. The normalized spacial score (nSPS) is 13.3. The van der Waals surface area contributed by atoms with Crippen LogP contribution in [0, 0.1) is 0 Å². The molecule has 0 N–H and O–H groups in total. The van der Waals surface area contributed by atoms with Gasteiger partial charge in [0.2, 0.25) is 0 Å².